The smallest absolute Gasteiger partial charge is 0.143 e. The fraction of sp³-hybridized carbons (Fsp3) is 0.0625. The number of anilines is 2. The Bertz CT molecular complexity index is 827. The monoisotopic (exact) mass is 265 g/mol. The third-order valence-electron chi connectivity index (χ3n) is 3.29. The molecule has 0 unspecified atom stereocenters. The summed E-state index contributed by atoms with van der Waals surface area (Å²) in [6.07, 6.45) is 1.98. The first kappa shape index (κ1) is 12.2. The van der Waals surface area contributed by atoms with Gasteiger partial charge in [0.15, 0.2) is 0 Å². The molecule has 0 bridgehead atoms. The van der Waals surface area contributed by atoms with Crippen LogP contribution >= 0.6 is 0 Å². The minimum absolute atomic E-state index is 0.0273. The maximum absolute atomic E-state index is 13.6. The lowest BCUT2D eigenvalue weighted by atomic mass is 10.1. The number of hydrogen-bond acceptors (Lipinski definition) is 2. The van der Waals surface area contributed by atoms with Crippen molar-refractivity contribution in [3.63, 3.8) is 0 Å². The van der Waals surface area contributed by atoms with Crippen LogP contribution in [-0.4, -0.2) is 4.57 Å². The van der Waals surface area contributed by atoms with Crippen molar-refractivity contribution in [3.05, 3.63) is 60.0 Å². The van der Waals surface area contributed by atoms with E-state index in [1.54, 1.807) is 12.1 Å². The molecule has 0 aliphatic carbocycles. The SMILES string of the molecule is Cn1ccc2ccc(Nc3cccc(F)c3C#N)cc21. The lowest BCUT2D eigenvalue weighted by Gasteiger charge is -2.09. The van der Waals surface area contributed by atoms with E-state index in [0.717, 1.165) is 16.6 Å². The maximum Gasteiger partial charge on any atom is 0.143 e. The molecule has 1 heterocycles. The van der Waals surface area contributed by atoms with E-state index in [4.69, 9.17) is 5.26 Å². The van der Waals surface area contributed by atoms with Crippen LogP contribution in [-0.2, 0) is 7.05 Å². The Hall–Kier alpha value is -2.80. The number of nitrogens with one attached hydrogen (secondary N) is 1. The molecule has 0 radical (unpaired) electrons. The third-order valence-corrected chi connectivity index (χ3v) is 3.29. The molecule has 3 aromatic rings. The first-order valence-electron chi connectivity index (χ1n) is 6.20. The highest BCUT2D eigenvalue weighted by Gasteiger charge is 2.08. The molecule has 0 aliphatic heterocycles. The molecule has 3 rings (SSSR count). The number of benzene rings is 2. The van der Waals surface area contributed by atoms with E-state index in [0.29, 0.717) is 5.69 Å². The van der Waals surface area contributed by atoms with Crippen molar-refractivity contribution in [2.75, 3.05) is 5.32 Å². The quantitative estimate of drug-likeness (QED) is 0.762. The largest absolute Gasteiger partial charge is 0.354 e. The van der Waals surface area contributed by atoms with Gasteiger partial charge < -0.3 is 9.88 Å². The summed E-state index contributed by atoms with van der Waals surface area (Å²) < 4.78 is 15.6. The van der Waals surface area contributed by atoms with Crippen LogP contribution in [0.3, 0.4) is 0 Å². The molecule has 0 amide bonds. The highest BCUT2D eigenvalue weighted by atomic mass is 19.1. The first-order chi connectivity index (χ1) is 9.69. The minimum Gasteiger partial charge on any atom is -0.354 e. The van der Waals surface area contributed by atoms with Gasteiger partial charge in [-0.2, -0.15) is 5.26 Å². The van der Waals surface area contributed by atoms with Gasteiger partial charge in [0.25, 0.3) is 0 Å². The van der Waals surface area contributed by atoms with Crippen LogP contribution in [0.15, 0.2) is 48.7 Å². The zero-order valence-electron chi connectivity index (χ0n) is 10.9. The molecule has 1 N–H and O–H groups in total. The fourth-order valence-electron chi connectivity index (χ4n) is 2.24. The molecule has 0 spiro atoms. The number of rotatable bonds is 2. The van der Waals surface area contributed by atoms with E-state index in [-0.39, 0.29) is 5.56 Å². The normalized spacial score (nSPS) is 10.4. The molecule has 0 aliphatic rings. The number of fused-ring (bicyclic) bond motifs is 1. The van der Waals surface area contributed by atoms with Gasteiger partial charge in [-0.05, 0) is 35.7 Å². The summed E-state index contributed by atoms with van der Waals surface area (Å²) in [5.74, 6) is -0.516. The van der Waals surface area contributed by atoms with E-state index < -0.39 is 5.82 Å². The van der Waals surface area contributed by atoms with Crippen LogP contribution in [0.25, 0.3) is 10.9 Å². The van der Waals surface area contributed by atoms with E-state index in [9.17, 15) is 4.39 Å². The van der Waals surface area contributed by atoms with E-state index in [2.05, 4.69) is 5.32 Å². The fourth-order valence-corrected chi connectivity index (χ4v) is 2.24. The number of nitrogens with zero attached hydrogens (tertiary/aromatic N) is 2. The Morgan fingerprint density at radius 2 is 2.05 bits per heavy atom. The van der Waals surface area contributed by atoms with Crippen LogP contribution < -0.4 is 5.32 Å². The van der Waals surface area contributed by atoms with Crippen LogP contribution in [0.1, 0.15) is 5.56 Å². The number of nitriles is 1. The summed E-state index contributed by atoms with van der Waals surface area (Å²) in [5, 5.41) is 13.3. The molecule has 1 aromatic heterocycles. The predicted molar refractivity (Wildman–Crippen MR) is 77.3 cm³/mol. The van der Waals surface area contributed by atoms with Gasteiger partial charge in [-0.1, -0.05) is 12.1 Å². The summed E-state index contributed by atoms with van der Waals surface area (Å²) >= 11 is 0. The van der Waals surface area contributed by atoms with Crippen molar-refractivity contribution in [3.8, 4) is 6.07 Å². The second kappa shape index (κ2) is 4.71. The summed E-state index contributed by atoms with van der Waals surface area (Å²) in [6.45, 7) is 0. The summed E-state index contributed by atoms with van der Waals surface area (Å²) in [7, 11) is 1.97. The van der Waals surface area contributed by atoms with Crippen molar-refractivity contribution in [1.29, 1.82) is 5.26 Å². The van der Waals surface area contributed by atoms with Gasteiger partial charge >= 0.3 is 0 Å². The van der Waals surface area contributed by atoms with Crippen LogP contribution in [0.2, 0.25) is 0 Å². The molecule has 0 saturated heterocycles. The average Bonchev–Trinajstić information content (AvgIpc) is 2.81. The van der Waals surface area contributed by atoms with Crippen molar-refractivity contribution >= 4 is 22.3 Å². The van der Waals surface area contributed by atoms with Gasteiger partial charge in [0.1, 0.15) is 17.4 Å². The number of aromatic nitrogens is 1. The van der Waals surface area contributed by atoms with Crippen LogP contribution in [0.5, 0.6) is 0 Å². The molecular weight excluding hydrogens is 253 g/mol. The van der Waals surface area contributed by atoms with Crippen LogP contribution in [0, 0.1) is 17.1 Å². The van der Waals surface area contributed by atoms with Crippen LogP contribution in [0.4, 0.5) is 15.8 Å². The van der Waals surface area contributed by atoms with Gasteiger partial charge in [0.05, 0.1) is 5.69 Å². The highest BCUT2D eigenvalue weighted by Crippen LogP contribution is 2.25. The molecule has 20 heavy (non-hydrogen) atoms. The summed E-state index contributed by atoms with van der Waals surface area (Å²) in [4.78, 5) is 0. The Balaban J connectivity index is 2.03. The number of halogens is 1. The zero-order chi connectivity index (χ0) is 14.1. The van der Waals surface area contributed by atoms with Crippen molar-refractivity contribution < 1.29 is 4.39 Å². The van der Waals surface area contributed by atoms with E-state index in [1.807, 2.05) is 48.1 Å². The second-order valence-corrected chi connectivity index (χ2v) is 4.60. The predicted octanol–water partition coefficient (Wildman–Crippen LogP) is 3.93. The second-order valence-electron chi connectivity index (χ2n) is 4.60. The molecule has 2 aromatic carbocycles. The molecule has 0 atom stereocenters. The average molecular weight is 265 g/mol. The van der Waals surface area contributed by atoms with Crippen molar-refractivity contribution in [1.82, 2.24) is 4.57 Å². The number of aryl methyl sites for hydroxylation is 1. The van der Waals surface area contributed by atoms with Gasteiger partial charge in [-0.3, -0.25) is 0 Å². The Kier molecular flexibility index (Phi) is 2.88. The van der Waals surface area contributed by atoms with E-state index >= 15 is 0 Å². The molecular formula is C16H12FN3. The van der Waals surface area contributed by atoms with E-state index in [1.165, 1.54) is 6.07 Å². The lowest BCUT2D eigenvalue weighted by Crippen LogP contribution is -1.96. The Morgan fingerprint density at radius 1 is 1.20 bits per heavy atom. The summed E-state index contributed by atoms with van der Waals surface area (Å²) in [5.41, 5.74) is 2.40. The number of hydrogen-bond donors (Lipinski definition) is 1. The van der Waals surface area contributed by atoms with Gasteiger partial charge in [0.2, 0.25) is 0 Å². The minimum atomic E-state index is -0.516. The Labute approximate surface area is 115 Å². The topological polar surface area (TPSA) is 40.8 Å². The zero-order valence-corrected chi connectivity index (χ0v) is 10.9. The summed E-state index contributed by atoms with van der Waals surface area (Å²) in [6, 6.07) is 14.3. The molecule has 98 valence electrons. The molecule has 3 nitrogen and oxygen atoms in total. The molecule has 0 fully saturated rings. The molecule has 0 saturated carbocycles. The standard InChI is InChI=1S/C16H12FN3/c1-20-8-7-11-5-6-12(9-16(11)20)19-15-4-2-3-14(17)13(15)10-18/h2-9,19H,1H3. The van der Waals surface area contributed by atoms with Gasteiger partial charge in [-0.15, -0.1) is 0 Å². The third kappa shape index (κ3) is 1.99. The lowest BCUT2D eigenvalue weighted by molar-refractivity contribution is 0.624. The Morgan fingerprint density at radius 3 is 2.85 bits per heavy atom. The highest BCUT2D eigenvalue weighted by molar-refractivity contribution is 5.84. The van der Waals surface area contributed by atoms with Gasteiger partial charge in [0, 0.05) is 24.4 Å². The molecule has 4 heteroatoms. The van der Waals surface area contributed by atoms with Crippen molar-refractivity contribution in [2.24, 2.45) is 7.05 Å². The maximum atomic E-state index is 13.6. The first-order valence-corrected chi connectivity index (χ1v) is 6.20. The van der Waals surface area contributed by atoms with Gasteiger partial charge in [-0.25, -0.2) is 4.39 Å². The van der Waals surface area contributed by atoms with Crippen molar-refractivity contribution in [2.45, 2.75) is 0 Å².